The van der Waals surface area contributed by atoms with Gasteiger partial charge in [0, 0.05) is 22.9 Å². The molecule has 1 aliphatic carbocycles. The molecule has 0 amide bonds. The monoisotopic (exact) mass is 294 g/mol. The molecule has 0 aliphatic heterocycles. The Bertz CT molecular complexity index is 535. The maximum atomic E-state index is 12.8. The molecule has 1 aromatic heterocycles. The predicted octanol–water partition coefficient (Wildman–Crippen LogP) is 3.83. The van der Waals surface area contributed by atoms with Crippen LogP contribution < -0.4 is 5.32 Å². The second-order valence-electron chi connectivity index (χ2n) is 4.63. The van der Waals surface area contributed by atoms with E-state index in [9.17, 15) is 4.39 Å². The van der Waals surface area contributed by atoms with E-state index >= 15 is 0 Å². The first-order valence-corrected chi connectivity index (χ1v) is 8.21. The first-order chi connectivity index (χ1) is 9.29. The lowest BCUT2D eigenvalue weighted by atomic mass is 10.4. The zero-order chi connectivity index (χ0) is 13.1. The summed E-state index contributed by atoms with van der Waals surface area (Å²) in [5, 5.41) is 6.71. The fourth-order valence-corrected chi connectivity index (χ4v) is 3.42. The van der Waals surface area contributed by atoms with Gasteiger partial charge >= 0.3 is 0 Å². The highest BCUT2D eigenvalue weighted by Crippen LogP contribution is 2.25. The lowest BCUT2D eigenvalue weighted by Crippen LogP contribution is -2.15. The molecule has 3 rings (SSSR count). The van der Waals surface area contributed by atoms with Crippen molar-refractivity contribution in [1.29, 1.82) is 0 Å². The highest BCUT2D eigenvalue weighted by Gasteiger charge is 2.20. The quantitative estimate of drug-likeness (QED) is 0.820. The van der Waals surface area contributed by atoms with E-state index in [2.05, 4.69) is 15.7 Å². The number of benzene rings is 1. The molecule has 0 unspecified atom stereocenters. The van der Waals surface area contributed by atoms with Crippen molar-refractivity contribution in [3.63, 3.8) is 0 Å². The molecule has 2 aromatic rings. The van der Waals surface area contributed by atoms with Crippen molar-refractivity contribution < 1.29 is 4.39 Å². The maximum absolute atomic E-state index is 12.8. The summed E-state index contributed by atoms with van der Waals surface area (Å²) < 4.78 is 12.8. The van der Waals surface area contributed by atoms with Gasteiger partial charge in [0.2, 0.25) is 0 Å². The molecule has 2 nitrogen and oxygen atoms in total. The van der Waals surface area contributed by atoms with Crippen LogP contribution in [0.2, 0.25) is 0 Å². The number of halogens is 1. The van der Waals surface area contributed by atoms with E-state index in [-0.39, 0.29) is 5.82 Å². The molecule has 5 heteroatoms. The second-order valence-corrected chi connectivity index (χ2v) is 6.62. The van der Waals surface area contributed by atoms with Crippen LogP contribution in [0.15, 0.2) is 34.5 Å². The standard InChI is InChI=1S/C14H15FN2S2/c15-10-1-5-13(6-2-10)18-9-14-17-12(8-19-14)7-16-11-3-4-11/h1-2,5-6,8,11,16H,3-4,7,9H2. The van der Waals surface area contributed by atoms with Crippen LogP contribution in [0.1, 0.15) is 23.5 Å². The Morgan fingerprint density at radius 1 is 1.32 bits per heavy atom. The van der Waals surface area contributed by atoms with Gasteiger partial charge in [-0.05, 0) is 37.1 Å². The van der Waals surface area contributed by atoms with Gasteiger partial charge in [-0.3, -0.25) is 0 Å². The summed E-state index contributed by atoms with van der Waals surface area (Å²) in [6, 6.07) is 7.33. The second kappa shape index (κ2) is 6.03. The normalized spacial score (nSPS) is 14.8. The number of thioether (sulfide) groups is 1. The van der Waals surface area contributed by atoms with Gasteiger partial charge in [0.1, 0.15) is 10.8 Å². The van der Waals surface area contributed by atoms with Crippen molar-refractivity contribution in [3.05, 3.63) is 46.2 Å². The molecule has 1 saturated carbocycles. The minimum Gasteiger partial charge on any atom is -0.308 e. The maximum Gasteiger partial charge on any atom is 0.123 e. The smallest absolute Gasteiger partial charge is 0.123 e. The average Bonchev–Trinajstić information content (AvgIpc) is 3.15. The van der Waals surface area contributed by atoms with Gasteiger partial charge in [-0.15, -0.1) is 23.1 Å². The van der Waals surface area contributed by atoms with Gasteiger partial charge in [0.05, 0.1) is 11.4 Å². The van der Waals surface area contributed by atoms with Crippen molar-refractivity contribution >= 4 is 23.1 Å². The number of hydrogen-bond donors (Lipinski definition) is 1. The SMILES string of the molecule is Fc1ccc(SCc2nc(CNC3CC3)cs2)cc1. The molecule has 19 heavy (non-hydrogen) atoms. The minimum atomic E-state index is -0.188. The van der Waals surface area contributed by atoms with Crippen LogP contribution in [-0.4, -0.2) is 11.0 Å². The lowest BCUT2D eigenvalue weighted by Gasteiger charge is -1.99. The summed E-state index contributed by atoms with van der Waals surface area (Å²) >= 11 is 3.39. The summed E-state index contributed by atoms with van der Waals surface area (Å²) in [6.45, 7) is 0.877. The summed E-state index contributed by atoms with van der Waals surface area (Å²) in [6.07, 6.45) is 2.61. The van der Waals surface area contributed by atoms with Crippen LogP contribution in [0.3, 0.4) is 0 Å². The molecular formula is C14H15FN2S2. The summed E-state index contributed by atoms with van der Waals surface area (Å²) in [7, 11) is 0. The average molecular weight is 294 g/mol. The van der Waals surface area contributed by atoms with E-state index in [1.165, 1.54) is 25.0 Å². The molecular weight excluding hydrogens is 279 g/mol. The van der Waals surface area contributed by atoms with Crippen molar-refractivity contribution in [3.8, 4) is 0 Å². The number of nitrogens with one attached hydrogen (secondary N) is 1. The molecule has 0 atom stereocenters. The van der Waals surface area contributed by atoms with Crippen molar-refractivity contribution in [2.45, 2.75) is 36.1 Å². The van der Waals surface area contributed by atoms with Crippen LogP contribution in [0.4, 0.5) is 4.39 Å². The zero-order valence-electron chi connectivity index (χ0n) is 10.4. The van der Waals surface area contributed by atoms with Crippen molar-refractivity contribution in [1.82, 2.24) is 10.3 Å². The van der Waals surface area contributed by atoms with Crippen LogP contribution >= 0.6 is 23.1 Å². The Morgan fingerprint density at radius 3 is 2.84 bits per heavy atom. The number of aromatic nitrogens is 1. The van der Waals surface area contributed by atoms with Crippen LogP contribution in [0.25, 0.3) is 0 Å². The van der Waals surface area contributed by atoms with Crippen LogP contribution in [0, 0.1) is 5.82 Å². The number of nitrogens with zero attached hydrogens (tertiary/aromatic N) is 1. The fourth-order valence-electron chi connectivity index (χ4n) is 1.71. The number of thiazole rings is 1. The van der Waals surface area contributed by atoms with E-state index in [0.29, 0.717) is 0 Å². The summed E-state index contributed by atoms with van der Waals surface area (Å²) in [5.74, 6) is 0.659. The van der Waals surface area contributed by atoms with Gasteiger partial charge in [0.25, 0.3) is 0 Å². The predicted molar refractivity (Wildman–Crippen MR) is 77.9 cm³/mol. The van der Waals surface area contributed by atoms with Gasteiger partial charge in [0.15, 0.2) is 0 Å². The Hall–Kier alpha value is -0.910. The number of rotatable bonds is 6. The van der Waals surface area contributed by atoms with E-state index in [0.717, 1.165) is 33.9 Å². The van der Waals surface area contributed by atoms with Crippen molar-refractivity contribution in [2.24, 2.45) is 0 Å². The highest BCUT2D eigenvalue weighted by molar-refractivity contribution is 7.98. The summed E-state index contributed by atoms with van der Waals surface area (Å²) in [4.78, 5) is 5.68. The fraction of sp³-hybridized carbons (Fsp3) is 0.357. The molecule has 1 fully saturated rings. The largest absolute Gasteiger partial charge is 0.308 e. The molecule has 1 aromatic carbocycles. The topological polar surface area (TPSA) is 24.9 Å². The third-order valence-corrected chi connectivity index (χ3v) is 5.03. The number of hydrogen-bond acceptors (Lipinski definition) is 4. The molecule has 0 bridgehead atoms. The van der Waals surface area contributed by atoms with Gasteiger partial charge in [-0.25, -0.2) is 9.37 Å². The van der Waals surface area contributed by atoms with E-state index < -0.39 is 0 Å². The van der Waals surface area contributed by atoms with E-state index in [4.69, 9.17) is 0 Å². The van der Waals surface area contributed by atoms with Crippen LogP contribution in [-0.2, 0) is 12.3 Å². The Labute approximate surface area is 120 Å². The first kappa shape index (κ1) is 13.1. The van der Waals surface area contributed by atoms with Gasteiger partial charge in [-0.2, -0.15) is 0 Å². The molecule has 1 aliphatic rings. The Balaban J connectivity index is 1.50. The zero-order valence-corrected chi connectivity index (χ0v) is 12.1. The Kier molecular flexibility index (Phi) is 4.15. The molecule has 1 N–H and O–H groups in total. The third-order valence-electron chi connectivity index (χ3n) is 2.92. The molecule has 0 radical (unpaired) electrons. The summed E-state index contributed by atoms with van der Waals surface area (Å²) in [5.41, 5.74) is 1.13. The van der Waals surface area contributed by atoms with Crippen molar-refractivity contribution in [2.75, 3.05) is 0 Å². The molecule has 100 valence electrons. The molecule has 0 spiro atoms. The Morgan fingerprint density at radius 2 is 2.11 bits per heavy atom. The third kappa shape index (κ3) is 4.03. The van der Waals surface area contributed by atoms with E-state index in [1.54, 1.807) is 23.1 Å². The van der Waals surface area contributed by atoms with Crippen LogP contribution in [0.5, 0.6) is 0 Å². The van der Waals surface area contributed by atoms with Gasteiger partial charge < -0.3 is 5.32 Å². The highest BCUT2D eigenvalue weighted by atomic mass is 32.2. The van der Waals surface area contributed by atoms with E-state index in [1.807, 2.05) is 12.1 Å². The molecule has 0 saturated heterocycles. The minimum absolute atomic E-state index is 0.188. The first-order valence-electron chi connectivity index (χ1n) is 6.34. The molecule has 1 heterocycles. The lowest BCUT2D eigenvalue weighted by molar-refractivity contribution is 0.626. The van der Waals surface area contributed by atoms with Gasteiger partial charge in [-0.1, -0.05) is 0 Å².